The molecule has 1 amide bonds. The molecule has 4 nitrogen and oxygen atoms in total. The van der Waals surface area contributed by atoms with Crippen LogP contribution in [0.1, 0.15) is 31.7 Å². The average Bonchev–Trinajstić information content (AvgIpc) is 2.93. The van der Waals surface area contributed by atoms with Crippen molar-refractivity contribution in [1.82, 2.24) is 5.32 Å². The van der Waals surface area contributed by atoms with E-state index in [1.165, 1.54) is 12.1 Å². The highest BCUT2D eigenvalue weighted by molar-refractivity contribution is 5.86. The smallest absolute Gasteiger partial charge is 0.242 e. The Morgan fingerprint density at radius 1 is 1.60 bits per heavy atom. The number of carbonyl (C=O) groups excluding carboxylic acids is 1. The SMILES string of the molecule is CCC(NCC1CCCO1)(C(N)=O)c1cccc(F)c1. The standard InChI is InChI=1S/C15H21FN2O2/c1-2-15(14(17)19,11-5-3-6-12(16)9-11)18-10-13-7-4-8-20-13/h3,5-6,9,13,18H,2,4,7-8,10H2,1H3,(H2,17,19). The molecule has 0 aromatic heterocycles. The number of primary amides is 1. The van der Waals surface area contributed by atoms with Crippen LogP contribution in [0.3, 0.4) is 0 Å². The molecule has 1 fully saturated rings. The van der Waals surface area contributed by atoms with Gasteiger partial charge in [0.15, 0.2) is 0 Å². The predicted molar refractivity (Wildman–Crippen MR) is 74.5 cm³/mol. The van der Waals surface area contributed by atoms with E-state index < -0.39 is 11.4 Å². The van der Waals surface area contributed by atoms with Gasteiger partial charge in [-0.25, -0.2) is 4.39 Å². The quantitative estimate of drug-likeness (QED) is 0.833. The van der Waals surface area contributed by atoms with E-state index in [4.69, 9.17) is 10.5 Å². The minimum absolute atomic E-state index is 0.0915. The monoisotopic (exact) mass is 280 g/mol. The number of nitrogens with one attached hydrogen (secondary N) is 1. The third-order valence-corrected chi connectivity index (χ3v) is 3.92. The Balaban J connectivity index is 2.22. The number of rotatable bonds is 6. The molecular weight excluding hydrogens is 259 g/mol. The van der Waals surface area contributed by atoms with Gasteiger partial charge < -0.3 is 10.5 Å². The minimum atomic E-state index is -1.05. The lowest BCUT2D eigenvalue weighted by molar-refractivity contribution is -0.125. The molecule has 1 saturated heterocycles. The summed E-state index contributed by atoms with van der Waals surface area (Å²) in [5.41, 5.74) is 5.10. The van der Waals surface area contributed by atoms with Gasteiger partial charge in [-0.05, 0) is 37.0 Å². The zero-order valence-corrected chi connectivity index (χ0v) is 11.7. The van der Waals surface area contributed by atoms with Gasteiger partial charge in [0.25, 0.3) is 0 Å². The van der Waals surface area contributed by atoms with Gasteiger partial charge in [0.1, 0.15) is 11.4 Å². The second-order valence-electron chi connectivity index (χ2n) is 5.15. The summed E-state index contributed by atoms with van der Waals surface area (Å²) in [5, 5.41) is 3.20. The van der Waals surface area contributed by atoms with Crippen LogP contribution in [0.4, 0.5) is 4.39 Å². The van der Waals surface area contributed by atoms with Crippen molar-refractivity contribution >= 4 is 5.91 Å². The van der Waals surface area contributed by atoms with Crippen LogP contribution in [-0.4, -0.2) is 25.2 Å². The molecule has 1 aliphatic rings. The Kier molecular flexibility index (Phi) is 4.73. The van der Waals surface area contributed by atoms with Gasteiger partial charge in [-0.15, -0.1) is 0 Å². The summed E-state index contributed by atoms with van der Waals surface area (Å²) < 4.78 is 19.0. The average molecular weight is 280 g/mol. The first-order valence-electron chi connectivity index (χ1n) is 7.01. The number of nitrogens with two attached hydrogens (primary N) is 1. The second kappa shape index (κ2) is 6.33. The van der Waals surface area contributed by atoms with E-state index in [0.717, 1.165) is 19.4 Å². The summed E-state index contributed by atoms with van der Waals surface area (Å²) in [7, 11) is 0. The summed E-state index contributed by atoms with van der Waals surface area (Å²) in [6.07, 6.45) is 2.55. The van der Waals surface area contributed by atoms with Crippen molar-refractivity contribution in [3.63, 3.8) is 0 Å². The lowest BCUT2D eigenvalue weighted by Gasteiger charge is -2.32. The van der Waals surface area contributed by atoms with E-state index in [1.54, 1.807) is 12.1 Å². The molecule has 0 saturated carbocycles. The first kappa shape index (κ1) is 14.9. The van der Waals surface area contributed by atoms with Crippen LogP contribution >= 0.6 is 0 Å². The van der Waals surface area contributed by atoms with Crippen LogP contribution in [0.5, 0.6) is 0 Å². The van der Waals surface area contributed by atoms with Crippen LogP contribution < -0.4 is 11.1 Å². The Morgan fingerprint density at radius 2 is 2.40 bits per heavy atom. The molecule has 2 unspecified atom stereocenters. The molecule has 0 spiro atoms. The largest absolute Gasteiger partial charge is 0.377 e. The number of amides is 1. The number of hydrogen-bond donors (Lipinski definition) is 2. The van der Waals surface area contributed by atoms with Gasteiger partial charge in [-0.1, -0.05) is 19.1 Å². The van der Waals surface area contributed by atoms with Gasteiger partial charge in [0, 0.05) is 13.2 Å². The zero-order valence-electron chi connectivity index (χ0n) is 11.7. The fraction of sp³-hybridized carbons (Fsp3) is 0.533. The van der Waals surface area contributed by atoms with Crippen LogP contribution in [-0.2, 0) is 15.1 Å². The molecule has 110 valence electrons. The molecule has 3 N–H and O–H groups in total. The van der Waals surface area contributed by atoms with E-state index >= 15 is 0 Å². The lowest BCUT2D eigenvalue weighted by Crippen LogP contribution is -2.54. The molecule has 2 atom stereocenters. The predicted octanol–water partition coefficient (Wildman–Crippen LogP) is 1.68. The maximum atomic E-state index is 13.4. The summed E-state index contributed by atoms with van der Waals surface area (Å²) in [6.45, 7) is 3.15. The van der Waals surface area contributed by atoms with Crippen molar-refractivity contribution in [2.75, 3.05) is 13.2 Å². The molecule has 0 radical (unpaired) electrons. The Bertz CT molecular complexity index is 475. The minimum Gasteiger partial charge on any atom is -0.377 e. The number of ether oxygens (including phenoxy) is 1. The molecule has 5 heteroatoms. The first-order chi connectivity index (χ1) is 9.58. The fourth-order valence-electron chi connectivity index (χ4n) is 2.68. The summed E-state index contributed by atoms with van der Waals surface area (Å²) in [4.78, 5) is 12.0. The highest BCUT2D eigenvalue weighted by atomic mass is 19.1. The number of hydrogen-bond acceptors (Lipinski definition) is 3. The lowest BCUT2D eigenvalue weighted by atomic mass is 9.86. The Morgan fingerprint density at radius 3 is 2.95 bits per heavy atom. The molecule has 1 aromatic rings. The number of halogens is 1. The highest BCUT2D eigenvalue weighted by Crippen LogP contribution is 2.26. The third kappa shape index (κ3) is 2.99. The molecule has 0 bridgehead atoms. The summed E-state index contributed by atoms with van der Waals surface area (Å²) in [5.74, 6) is -0.871. The molecule has 1 aliphatic heterocycles. The molecule has 2 rings (SSSR count). The van der Waals surface area contributed by atoms with Crippen molar-refractivity contribution in [3.8, 4) is 0 Å². The van der Waals surface area contributed by atoms with Crippen molar-refractivity contribution in [2.45, 2.75) is 37.8 Å². The van der Waals surface area contributed by atoms with E-state index in [0.29, 0.717) is 18.5 Å². The fourth-order valence-corrected chi connectivity index (χ4v) is 2.68. The van der Waals surface area contributed by atoms with Gasteiger partial charge in [0.2, 0.25) is 5.91 Å². The third-order valence-electron chi connectivity index (χ3n) is 3.92. The maximum absolute atomic E-state index is 13.4. The Hall–Kier alpha value is -1.46. The van der Waals surface area contributed by atoms with Crippen molar-refractivity contribution < 1.29 is 13.9 Å². The first-order valence-corrected chi connectivity index (χ1v) is 7.01. The van der Waals surface area contributed by atoms with Crippen molar-refractivity contribution in [1.29, 1.82) is 0 Å². The van der Waals surface area contributed by atoms with Crippen LogP contribution in [0.2, 0.25) is 0 Å². The van der Waals surface area contributed by atoms with E-state index in [-0.39, 0.29) is 11.9 Å². The van der Waals surface area contributed by atoms with Crippen LogP contribution in [0, 0.1) is 5.82 Å². The van der Waals surface area contributed by atoms with Crippen molar-refractivity contribution in [3.05, 3.63) is 35.6 Å². The van der Waals surface area contributed by atoms with E-state index in [2.05, 4.69) is 5.32 Å². The van der Waals surface area contributed by atoms with Gasteiger partial charge >= 0.3 is 0 Å². The normalized spacial score (nSPS) is 21.6. The molecule has 1 heterocycles. The van der Waals surface area contributed by atoms with Crippen LogP contribution in [0.15, 0.2) is 24.3 Å². The summed E-state index contributed by atoms with van der Waals surface area (Å²) in [6, 6.07) is 6.02. The molecule has 1 aromatic carbocycles. The maximum Gasteiger partial charge on any atom is 0.242 e. The summed E-state index contributed by atoms with van der Waals surface area (Å²) >= 11 is 0. The molecular formula is C15H21FN2O2. The van der Waals surface area contributed by atoms with E-state index in [1.807, 2.05) is 6.92 Å². The number of benzene rings is 1. The van der Waals surface area contributed by atoms with Crippen LogP contribution in [0.25, 0.3) is 0 Å². The molecule has 0 aliphatic carbocycles. The number of carbonyl (C=O) groups is 1. The van der Waals surface area contributed by atoms with Crippen molar-refractivity contribution in [2.24, 2.45) is 5.73 Å². The van der Waals surface area contributed by atoms with Gasteiger partial charge in [-0.3, -0.25) is 10.1 Å². The van der Waals surface area contributed by atoms with Gasteiger partial charge in [0.05, 0.1) is 6.10 Å². The van der Waals surface area contributed by atoms with Gasteiger partial charge in [-0.2, -0.15) is 0 Å². The highest BCUT2D eigenvalue weighted by Gasteiger charge is 2.37. The molecule has 20 heavy (non-hydrogen) atoms. The second-order valence-corrected chi connectivity index (χ2v) is 5.15. The van der Waals surface area contributed by atoms with E-state index in [9.17, 15) is 9.18 Å². The topological polar surface area (TPSA) is 64.3 Å². The Labute approximate surface area is 118 Å². The zero-order chi connectivity index (χ0) is 14.6.